The summed E-state index contributed by atoms with van der Waals surface area (Å²) in [4.78, 5) is 14.2. The Morgan fingerprint density at radius 2 is 2.05 bits per heavy atom. The highest BCUT2D eigenvalue weighted by Gasteiger charge is 2.38. The molecule has 4 heteroatoms. The van der Waals surface area contributed by atoms with E-state index in [1.54, 1.807) is 6.20 Å². The predicted octanol–water partition coefficient (Wildman–Crippen LogP) is 3.13. The third-order valence-electron chi connectivity index (χ3n) is 3.63. The molecule has 0 spiro atoms. The summed E-state index contributed by atoms with van der Waals surface area (Å²) in [5.74, 6) is 0.550. The van der Waals surface area contributed by atoms with Crippen molar-refractivity contribution in [3.05, 3.63) is 67.6 Å². The minimum atomic E-state index is 0.00510. The van der Waals surface area contributed by atoms with Crippen molar-refractivity contribution in [2.75, 3.05) is 0 Å². The van der Waals surface area contributed by atoms with Crippen molar-refractivity contribution in [3.63, 3.8) is 0 Å². The Hall–Kier alpha value is -1.14. The molecule has 1 N–H and O–H groups in total. The van der Waals surface area contributed by atoms with Gasteiger partial charge in [-0.2, -0.15) is 0 Å². The molecule has 3 nitrogen and oxygen atoms in total. The van der Waals surface area contributed by atoms with Crippen molar-refractivity contribution in [2.24, 2.45) is 5.92 Å². The second-order valence-corrected chi connectivity index (χ2v) is 6.26. The van der Waals surface area contributed by atoms with Crippen LogP contribution < -0.4 is 5.56 Å². The monoisotopic (exact) mass is 381 g/mol. The molecule has 0 saturated heterocycles. The lowest BCUT2D eigenvalue weighted by Crippen LogP contribution is -2.12. The fourth-order valence-electron chi connectivity index (χ4n) is 2.36. The second-order valence-electron chi connectivity index (χ2n) is 5.18. The molecule has 20 heavy (non-hydrogen) atoms. The van der Waals surface area contributed by atoms with Gasteiger partial charge in [0.05, 0.1) is 16.3 Å². The Morgan fingerprint density at radius 3 is 2.85 bits per heavy atom. The van der Waals surface area contributed by atoms with Gasteiger partial charge in [0.15, 0.2) is 0 Å². The average Bonchev–Trinajstić information content (AvgIpc) is 3.21. The number of halogens is 1. The summed E-state index contributed by atoms with van der Waals surface area (Å²) in [6, 6.07) is 12.2. The molecule has 2 aromatic rings. The molecular weight excluding hydrogens is 365 g/mol. The second kappa shape index (κ2) is 6.10. The first-order chi connectivity index (χ1) is 9.74. The van der Waals surface area contributed by atoms with Crippen LogP contribution in [0, 0.1) is 9.49 Å². The summed E-state index contributed by atoms with van der Waals surface area (Å²) in [5, 5.41) is 0. The number of aromatic nitrogens is 1. The van der Waals surface area contributed by atoms with Crippen LogP contribution in [0.2, 0.25) is 0 Å². The summed E-state index contributed by atoms with van der Waals surface area (Å²) in [6.07, 6.45) is 4.09. The molecular formula is C16H16INO2. The SMILES string of the molecule is O=c1[nH]ccc(CC2CC2OCc2ccccc2)c1I. The number of aromatic amines is 1. The Balaban J connectivity index is 1.52. The zero-order valence-electron chi connectivity index (χ0n) is 11.0. The first-order valence-electron chi connectivity index (χ1n) is 6.75. The van der Waals surface area contributed by atoms with E-state index in [0.29, 0.717) is 18.6 Å². The molecule has 1 aromatic carbocycles. The van der Waals surface area contributed by atoms with Gasteiger partial charge in [-0.1, -0.05) is 30.3 Å². The first kappa shape index (κ1) is 13.8. The van der Waals surface area contributed by atoms with Crippen molar-refractivity contribution in [2.45, 2.75) is 25.6 Å². The van der Waals surface area contributed by atoms with Gasteiger partial charge in [-0.3, -0.25) is 4.79 Å². The van der Waals surface area contributed by atoms with Crippen LogP contribution in [0.25, 0.3) is 0 Å². The van der Waals surface area contributed by atoms with E-state index in [9.17, 15) is 4.79 Å². The number of hydrogen-bond donors (Lipinski definition) is 1. The van der Waals surface area contributed by atoms with Crippen LogP contribution in [0.3, 0.4) is 0 Å². The molecule has 1 aromatic heterocycles. The normalized spacial score (nSPS) is 20.9. The van der Waals surface area contributed by atoms with Gasteiger partial charge in [-0.25, -0.2) is 0 Å². The van der Waals surface area contributed by atoms with Gasteiger partial charge < -0.3 is 9.72 Å². The first-order valence-corrected chi connectivity index (χ1v) is 7.83. The molecule has 0 bridgehead atoms. The van der Waals surface area contributed by atoms with E-state index in [1.165, 1.54) is 5.56 Å². The summed E-state index contributed by atoms with van der Waals surface area (Å²) >= 11 is 2.12. The third kappa shape index (κ3) is 3.30. The van der Waals surface area contributed by atoms with E-state index in [-0.39, 0.29) is 5.56 Å². The number of hydrogen-bond acceptors (Lipinski definition) is 2. The average molecular weight is 381 g/mol. The minimum absolute atomic E-state index is 0.00510. The molecule has 1 aliphatic rings. The Labute approximate surface area is 131 Å². The number of benzene rings is 1. The molecule has 0 aliphatic heterocycles. The van der Waals surface area contributed by atoms with Gasteiger partial charge in [0.25, 0.3) is 5.56 Å². The van der Waals surface area contributed by atoms with E-state index < -0.39 is 0 Å². The molecule has 2 atom stereocenters. The standard InChI is InChI=1S/C16H16INO2/c17-15-12(6-7-18-16(15)19)8-13-9-14(13)20-10-11-4-2-1-3-5-11/h1-7,13-14H,8-10H2,(H,18,19). The minimum Gasteiger partial charge on any atom is -0.373 e. The van der Waals surface area contributed by atoms with Crippen molar-refractivity contribution in [1.29, 1.82) is 0 Å². The smallest absolute Gasteiger partial charge is 0.261 e. The Morgan fingerprint density at radius 1 is 1.25 bits per heavy atom. The van der Waals surface area contributed by atoms with Crippen LogP contribution >= 0.6 is 22.6 Å². The highest BCUT2D eigenvalue weighted by atomic mass is 127. The highest BCUT2D eigenvalue weighted by molar-refractivity contribution is 14.1. The largest absolute Gasteiger partial charge is 0.373 e. The Kier molecular flexibility index (Phi) is 4.21. The van der Waals surface area contributed by atoms with Crippen LogP contribution in [0.1, 0.15) is 17.5 Å². The van der Waals surface area contributed by atoms with E-state index in [1.807, 2.05) is 24.3 Å². The third-order valence-corrected chi connectivity index (χ3v) is 4.81. The molecule has 0 radical (unpaired) electrons. The van der Waals surface area contributed by atoms with Crippen molar-refractivity contribution < 1.29 is 4.74 Å². The number of nitrogens with one attached hydrogen (secondary N) is 1. The summed E-state index contributed by atoms with van der Waals surface area (Å²) in [7, 11) is 0. The van der Waals surface area contributed by atoms with Crippen LogP contribution in [-0.4, -0.2) is 11.1 Å². The van der Waals surface area contributed by atoms with Crippen molar-refractivity contribution >= 4 is 22.6 Å². The van der Waals surface area contributed by atoms with Gasteiger partial charge in [-0.05, 0) is 58.5 Å². The van der Waals surface area contributed by atoms with Gasteiger partial charge in [0.2, 0.25) is 0 Å². The van der Waals surface area contributed by atoms with E-state index in [0.717, 1.165) is 22.0 Å². The maximum absolute atomic E-state index is 11.5. The molecule has 1 aliphatic carbocycles. The lowest BCUT2D eigenvalue weighted by molar-refractivity contribution is 0.0952. The van der Waals surface area contributed by atoms with Crippen LogP contribution in [0.4, 0.5) is 0 Å². The molecule has 0 amide bonds. The quantitative estimate of drug-likeness (QED) is 0.809. The number of pyridine rings is 1. The molecule has 3 rings (SSSR count). The fraction of sp³-hybridized carbons (Fsp3) is 0.312. The zero-order valence-corrected chi connectivity index (χ0v) is 13.2. The molecule has 1 heterocycles. The van der Waals surface area contributed by atoms with Crippen LogP contribution in [0.15, 0.2) is 47.4 Å². The van der Waals surface area contributed by atoms with Crippen molar-refractivity contribution in [1.82, 2.24) is 4.98 Å². The van der Waals surface area contributed by atoms with Gasteiger partial charge in [0.1, 0.15) is 0 Å². The van der Waals surface area contributed by atoms with Crippen LogP contribution in [-0.2, 0) is 17.8 Å². The highest BCUT2D eigenvalue weighted by Crippen LogP contribution is 2.37. The maximum atomic E-state index is 11.5. The van der Waals surface area contributed by atoms with Gasteiger partial charge in [-0.15, -0.1) is 0 Å². The molecule has 104 valence electrons. The summed E-state index contributed by atoms with van der Waals surface area (Å²) in [5.41, 5.74) is 2.35. The van der Waals surface area contributed by atoms with Crippen LogP contribution in [0.5, 0.6) is 0 Å². The molecule has 2 unspecified atom stereocenters. The number of H-pyrrole nitrogens is 1. The topological polar surface area (TPSA) is 42.1 Å². The zero-order chi connectivity index (χ0) is 13.9. The summed E-state index contributed by atoms with van der Waals surface area (Å²) in [6.45, 7) is 0.675. The van der Waals surface area contributed by atoms with E-state index >= 15 is 0 Å². The maximum Gasteiger partial charge on any atom is 0.261 e. The van der Waals surface area contributed by atoms with E-state index in [4.69, 9.17) is 4.74 Å². The van der Waals surface area contributed by atoms with Gasteiger partial charge >= 0.3 is 0 Å². The lowest BCUT2D eigenvalue weighted by atomic mass is 10.1. The predicted molar refractivity (Wildman–Crippen MR) is 86.6 cm³/mol. The van der Waals surface area contributed by atoms with E-state index in [2.05, 4.69) is 39.7 Å². The number of rotatable bonds is 5. The fourth-order valence-corrected chi connectivity index (χ4v) is 2.91. The Bertz CT molecular complexity index is 638. The molecule has 1 saturated carbocycles. The number of ether oxygens (including phenoxy) is 1. The molecule has 1 fully saturated rings. The lowest BCUT2D eigenvalue weighted by Gasteiger charge is -2.05. The van der Waals surface area contributed by atoms with Gasteiger partial charge in [0, 0.05) is 6.20 Å². The van der Waals surface area contributed by atoms with Crippen molar-refractivity contribution in [3.8, 4) is 0 Å². The summed E-state index contributed by atoms with van der Waals surface area (Å²) < 4.78 is 6.71.